The molecular weight excluding hydrogens is 612 g/mol. The highest BCUT2D eigenvalue weighted by atomic mass is 35.5. The lowest BCUT2D eigenvalue weighted by molar-refractivity contribution is 0.0832. The minimum atomic E-state index is -0.381. The summed E-state index contributed by atoms with van der Waals surface area (Å²) >= 11 is 18.3. The predicted molar refractivity (Wildman–Crippen MR) is 169 cm³/mol. The van der Waals surface area contributed by atoms with Crippen LogP contribution in [0.25, 0.3) is 0 Å². The smallest absolute Gasteiger partial charge is 0.269 e. The van der Waals surface area contributed by atoms with Crippen LogP contribution < -0.4 is 10.9 Å². The molecule has 2 fully saturated rings. The minimum Gasteiger partial charge on any atom is -0.349 e. The molecule has 6 nitrogen and oxygen atoms in total. The summed E-state index contributed by atoms with van der Waals surface area (Å²) in [6, 6.07) is 12.5. The quantitative estimate of drug-likeness (QED) is 0.248. The molecule has 228 valence electrons. The fourth-order valence-electron chi connectivity index (χ4n) is 6.17. The molecule has 1 aliphatic carbocycles. The molecule has 1 aromatic heterocycles. The largest absolute Gasteiger partial charge is 0.349 e. The van der Waals surface area contributed by atoms with E-state index in [2.05, 4.69) is 10.2 Å². The molecule has 0 atom stereocenters. The van der Waals surface area contributed by atoms with Crippen LogP contribution in [0.1, 0.15) is 71.2 Å². The van der Waals surface area contributed by atoms with E-state index in [4.69, 9.17) is 34.8 Å². The van der Waals surface area contributed by atoms with Gasteiger partial charge in [-0.3, -0.25) is 14.4 Å². The number of nitrogens with zero attached hydrogens (tertiary/aromatic N) is 2. The number of rotatable bonds is 9. The summed E-state index contributed by atoms with van der Waals surface area (Å²) < 4.78 is 14.6. The summed E-state index contributed by atoms with van der Waals surface area (Å²) in [5.74, 6) is 0.159. The molecule has 2 heterocycles. The number of amides is 1. The number of carbonyl (C=O) groups is 2. The van der Waals surface area contributed by atoms with Crippen LogP contribution in [0.15, 0.2) is 59.5 Å². The van der Waals surface area contributed by atoms with Crippen molar-refractivity contribution in [3.63, 3.8) is 0 Å². The van der Waals surface area contributed by atoms with Crippen LogP contribution in [0.2, 0.25) is 15.1 Å². The highest BCUT2D eigenvalue weighted by Gasteiger charge is 2.28. The maximum Gasteiger partial charge on any atom is 0.269 e. The predicted octanol–water partition coefficient (Wildman–Crippen LogP) is 7.27. The molecule has 10 heteroatoms. The third kappa shape index (κ3) is 8.27. The van der Waals surface area contributed by atoms with Gasteiger partial charge in [0.15, 0.2) is 5.78 Å². The number of Topliss-reactive ketones (excluding diaryl/α,β-unsaturated/α-hetero) is 1. The third-order valence-corrected chi connectivity index (χ3v) is 9.77. The molecule has 1 saturated carbocycles. The fraction of sp³-hybridized carbons (Fsp3) is 0.424. The number of aromatic nitrogens is 1. The molecule has 0 spiro atoms. The summed E-state index contributed by atoms with van der Waals surface area (Å²) in [7, 11) is 0. The number of hydrogen-bond donors (Lipinski definition) is 1. The molecule has 43 heavy (non-hydrogen) atoms. The van der Waals surface area contributed by atoms with Gasteiger partial charge < -0.3 is 14.8 Å². The Labute approximate surface area is 266 Å². The van der Waals surface area contributed by atoms with Gasteiger partial charge in [-0.15, -0.1) is 0 Å². The van der Waals surface area contributed by atoms with Crippen LogP contribution in [0.5, 0.6) is 0 Å². The van der Waals surface area contributed by atoms with Crippen molar-refractivity contribution in [2.24, 2.45) is 11.8 Å². The molecular formula is C33H35Cl3FN3O3. The monoisotopic (exact) mass is 645 g/mol. The van der Waals surface area contributed by atoms with Crippen LogP contribution >= 0.6 is 34.8 Å². The number of piperidine rings is 1. The summed E-state index contributed by atoms with van der Waals surface area (Å²) in [5, 5.41) is 3.94. The van der Waals surface area contributed by atoms with Crippen molar-refractivity contribution in [3.05, 3.63) is 103 Å². The van der Waals surface area contributed by atoms with Crippen LogP contribution in [-0.4, -0.2) is 46.8 Å². The standard InChI is InChI=1S/C33H35Cl3FN3O3/c34-28-10-3-22(17-29(28)35)19-40-20-25(18-30(36)33(40)43)32(42)38-27-8-1-21(2-9-27)11-14-39-15-12-24(13-16-39)31(41)23-4-6-26(37)7-5-23/h3-7,10,17-18,20-21,24,27H,1-2,8-9,11-16,19H2,(H,38,42)/t21-,27-. The van der Waals surface area contributed by atoms with Gasteiger partial charge in [-0.1, -0.05) is 40.9 Å². The zero-order chi connectivity index (χ0) is 30.5. The SMILES string of the molecule is O=C(N[C@H]1CC[C@H](CCN2CCC(C(=O)c3ccc(F)cc3)CC2)CC1)c1cc(Cl)c(=O)n(Cc2ccc(Cl)c(Cl)c2)c1. The van der Waals surface area contributed by atoms with Gasteiger partial charge in [-0.2, -0.15) is 0 Å². The molecule has 1 N–H and O–H groups in total. The van der Waals surface area contributed by atoms with E-state index in [0.29, 0.717) is 27.1 Å². The Bertz CT molecular complexity index is 1510. The summed E-state index contributed by atoms with van der Waals surface area (Å²) in [6.07, 6.45) is 8.20. The second-order valence-electron chi connectivity index (χ2n) is 11.7. The molecule has 2 aromatic carbocycles. The van der Waals surface area contributed by atoms with Crippen LogP contribution in [0.4, 0.5) is 4.39 Å². The number of benzene rings is 2. The molecule has 1 amide bonds. The maximum absolute atomic E-state index is 13.2. The van der Waals surface area contributed by atoms with Gasteiger partial charge in [0, 0.05) is 23.7 Å². The van der Waals surface area contributed by atoms with E-state index in [0.717, 1.165) is 70.1 Å². The van der Waals surface area contributed by atoms with Gasteiger partial charge in [0.2, 0.25) is 0 Å². The topological polar surface area (TPSA) is 71.4 Å². The molecule has 0 bridgehead atoms. The average molecular weight is 647 g/mol. The molecule has 5 rings (SSSR count). The van der Waals surface area contributed by atoms with E-state index in [1.54, 1.807) is 30.3 Å². The second kappa shape index (κ2) is 14.4. The van der Waals surface area contributed by atoms with Gasteiger partial charge in [0.1, 0.15) is 10.8 Å². The Hall–Kier alpha value is -2.71. The summed E-state index contributed by atoms with van der Waals surface area (Å²) in [6.45, 7) is 3.03. The van der Waals surface area contributed by atoms with E-state index in [1.807, 2.05) is 0 Å². The summed E-state index contributed by atoms with van der Waals surface area (Å²) in [5.41, 5.74) is 1.32. The van der Waals surface area contributed by atoms with Crippen molar-refractivity contribution in [1.29, 1.82) is 0 Å². The first-order chi connectivity index (χ1) is 20.7. The maximum atomic E-state index is 13.2. The molecule has 3 aromatic rings. The number of nitrogens with one attached hydrogen (secondary N) is 1. The number of carbonyl (C=O) groups excluding carboxylic acids is 2. The van der Waals surface area contributed by atoms with E-state index < -0.39 is 0 Å². The average Bonchev–Trinajstić information content (AvgIpc) is 3.01. The van der Waals surface area contributed by atoms with E-state index >= 15 is 0 Å². The molecule has 1 saturated heterocycles. The molecule has 1 aliphatic heterocycles. The van der Waals surface area contributed by atoms with Crippen molar-refractivity contribution >= 4 is 46.5 Å². The Kier molecular flexibility index (Phi) is 10.6. The normalized spacial score (nSPS) is 19.7. The Morgan fingerprint density at radius 2 is 1.53 bits per heavy atom. The first-order valence-electron chi connectivity index (χ1n) is 14.8. The van der Waals surface area contributed by atoms with Crippen molar-refractivity contribution in [1.82, 2.24) is 14.8 Å². The van der Waals surface area contributed by atoms with Crippen molar-refractivity contribution in [3.8, 4) is 0 Å². The first kappa shape index (κ1) is 31.7. The van der Waals surface area contributed by atoms with Crippen LogP contribution in [-0.2, 0) is 6.54 Å². The molecule has 0 unspecified atom stereocenters. The number of hydrogen-bond acceptors (Lipinski definition) is 4. The van der Waals surface area contributed by atoms with Gasteiger partial charge in [-0.25, -0.2) is 4.39 Å². The summed E-state index contributed by atoms with van der Waals surface area (Å²) in [4.78, 5) is 40.9. The lowest BCUT2D eigenvalue weighted by Gasteiger charge is -2.34. The Balaban J connectivity index is 1.06. The number of ketones is 1. The van der Waals surface area contributed by atoms with Gasteiger partial charge in [0.05, 0.1) is 22.2 Å². The minimum absolute atomic E-state index is 0.00546. The highest BCUT2D eigenvalue weighted by molar-refractivity contribution is 6.42. The van der Waals surface area contributed by atoms with Crippen LogP contribution in [0.3, 0.4) is 0 Å². The molecule has 0 radical (unpaired) electrons. The van der Waals surface area contributed by atoms with Crippen LogP contribution in [0, 0.1) is 17.7 Å². The van der Waals surface area contributed by atoms with Crippen molar-refractivity contribution in [2.45, 2.75) is 57.5 Å². The van der Waals surface area contributed by atoms with Gasteiger partial charge in [-0.05, 0) is 119 Å². The Morgan fingerprint density at radius 3 is 2.21 bits per heavy atom. The van der Waals surface area contributed by atoms with Gasteiger partial charge >= 0.3 is 0 Å². The van der Waals surface area contributed by atoms with Crippen molar-refractivity contribution < 1.29 is 14.0 Å². The van der Waals surface area contributed by atoms with E-state index in [9.17, 15) is 18.8 Å². The lowest BCUT2D eigenvalue weighted by atomic mass is 9.83. The molecule has 2 aliphatic rings. The van der Waals surface area contributed by atoms with E-state index in [-0.39, 0.29) is 46.6 Å². The zero-order valence-electron chi connectivity index (χ0n) is 23.8. The number of likely N-dealkylation sites (tertiary alicyclic amines) is 1. The third-order valence-electron chi connectivity index (χ3n) is 8.76. The first-order valence-corrected chi connectivity index (χ1v) is 16.0. The zero-order valence-corrected chi connectivity index (χ0v) is 26.1. The van der Waals surface area contributed by atoms with Gasteiger partial charge in [0.25, 0.3) is 11.5 Å². The highest BCUT2D eigenvalue weighted by Crippen LogP contribution is 2.29. The van der Waals surface area contributed by atoms with E-state index in [1.165, 1.54) is 29.0 Å². The number of pyridine rings is 1. The second-order valence-corrected chi connectivity index (χ2v) is 12.9. The number of halogens is 4. The lowest BCUT2D eigenvalue weighted by Crippen LogP contribution is -2.39. The fourth-order valence-corrected chi connectivity index (χ4v) is 6.72. The Morgan fingerprint density at radius 1 is 0.837 bits per heavy atom. The van der Waals surface area contributed by atoms with Crippen molar-refractivity contribution in [2.75, 3.05) is 19.6 Å².